The summed E-state index contributed by atoms with van der Waals surface area (Å²) in [6.07, 6.45) is -0.371. The summed E-state index contributed by atoms with van der Waals surface area (Å²) in [5, 5.41) is 12.9. The highest BCUT2D eigenvalue weighted by molar-refractivity contribution is 5.82. The van der Waals surface area contributed by atoms with Crippen LogP contribution in [0.3, 0.4) is 0 Å². The lowest BCUT2D eigenvalue weighted by Crippen LogP contribution is -2.40. The van der Waals surface area contributed by atoms with Crippen molar-refractivity contribution in [1.82, 2.24) is 14.8 Å². The van der Waals surface area contributed by atoms with Gasteiger partial charge in [-0.2, -0.15) is 13.2 Å². The Morgan fingerprint density at radius 2 is 1.71 bits per heavy atom. The normalized spacial score (nSPS) is 14.9. The number of aliphatic carboxylic acids is 1. The maximum Gasteiger partial charge on any atom is 0.416 e. The number of amides is 1. The van der Waals surface area contributed by atoms with E-state index in [1.165, 1.54) is 11.8 Å². The van der Waals surface area contributed by atoms with Crippen molar-refractivity contribution in [3.63, 3.8) is 0 Å². The van der Waals surface area contributed by atoms with Crippen LogP contribution >= 0.6 is 0 Å². The van der Waals surface area contributed by atoms with Crippen molar-refractivity contribution in [3.8, 4) is 11.1 Å². The number of rotatable bonds is 13. The van der Waals surface area contributed by atoms with Gasteiger partial charge in [0, 0.05) is 18.8 Å². The third-order valence-corrected chi connectivity index (χ3v) is 9.54. The molecule has 1 aliphatic rings. The van der Waals surface area contributed by atoms with E-state index in [-0.39, 0.29) is 24.3 Å². The summed E-state index contributed by atoms with van der Waals surface area (Å²) in [5.41, 5.74) is 6.46. The second-order valence-electron chi connectivity index (χ2n) is 13.8. The lowest BCUT2D eigenvalue weighted by molar-refractivity contribution is -0.139. The predicted octanol–water partition coefficient (Wildman–Crippen LogP) is 7.36. The first-order valence-electron chi connectivity index (χ1n) is 16.7. The van der Waals surface area contributed by atoms with E-state index >= 15 is 0 Å². The number of alkyl halides is 3. The van der Waals surface area contributed by atoms with Gasteiger partial charge in [0.05, 0.1) is 18.0 Å². The Morgan fingerprint density at radius 1 is 1.04 bits per heavy atom. The van der Waals surface area contributed by atoms with E-state index in [0.29, 0.717) is 24.6 Å². The fourth-order valence-electron chi connectivity index (χ4n) is 6.99. The quantitative estimate of drug-likeness (QED) is 0.199. The van der Waals surface area contributed by atoms with Crippen molar-refractivity contribution in [2.45, 2.75) is 97.8 Å². The number of nitrogens with one attached hydrogen (secondary N) is 1. The fourth-order valence-corrected chi connectivity index (χ4v) is 6.99. The van der Waals surface area contributed by atoms with E-state index < -0.39 is 47.7 Å². The van der Waals surface area contributed by atoms with Crippen LogP contribution < -0.4 is 10.9 Å². The molecule has 1 aromatic heterocycles. The maximum atomic E-state index is 14.2. The van der Waals surface area contributed by atoms with Gasteiger partial charge >= 0.3 is 12.1 Å². The van der Waals surface area contributed by atoms with Gasteiger partial charge in [-0.1, -0.05) is 44.0 Å². The fraction of sp³-hybridized carbons (Fsp3) is 0.500. The molecule has 7 nitrogen and oxygen atoms in total. The third-order valence-electron chi connectivity index (χ3n) is 9.54. The molecule has 0 saturated carbocycles. The summed E-state index contributed by atoms with van der Waals surface area (Å²) >= 11 is 0. The number of hydrogen-bond acceptors (Lipinski definition) is 4. The van der Waals surface area contributed by atoms with Crippen LogP contribution in [-0.2, 0) is 35.0 Å². The van der Waals surface area contributed by atoms with Crippen molar-refractivity contribution in [2.75, 3.05) is 20.6 Å². The first-order chi connectivity index (χ1) is 22.5. The van der Waals surface area contributed by atoms with Crippen LogP contribution in [0.5, 0.6) is 0 Å². The number of aryl methyl sites for hydroxylation is 4. The van der Waals surface area contributed by atoms with Gasteiger partial charge < -0.3 is 19.9 Å². The van der Waals surface area contributed by atoms with Crippen LogP contribution in [0, 0.1) is 26.7 Å². The number of carboxylic acids is 1. The van der Waals surface area contributed by atoms with E-state index in [0.717, 1.165) is 57.2 Å². The Bertz CT molecular complexity index is 1700. The second-order valence-corrected chi connectivity index (χ2v) is 13.8. The number of hydrogen-bond donors (Lipinski definition) is 2. The predicted molar refractivity (Wildman–Crippen MR) is 182 cm³/mol. The first kappa shape index (κ1) is 36.9. The summed E-state index contributed by atoms with van der Waals surface area (Å²) < 4.78 is 43.1. The van der Waals surface area contributed by atoms with Crippen molar-refractivity contribution in [3.05, 3.63) is 91.4 Å². The third kappa shape index (κ3) is 8.56. The van der Waals surface area contributed by atoms with Crippen molar-refractivity contribution in [1.29, 1.82) is 0 Å². The molecule has 0 spiro atoms. The van der Waals surface area contributed by atoms with E-state index in [4.69, 9.17) is 0 Å². The molecule has 1 amide bonds. The van der Waals surface area contributed by atoms with E-state index in [2.05, 4.69) is 31.3 Å². The maximum absolute atomic E-state index is 14.2. The molecule has 3 aromatic rings. The standard InChI is InChI=1S/C38H48F3N3O4/c1-8-22(2)16-33(44-21-27(12-13-43(6)7)31(19-34(44)45)38(39,40)41)37(48)42-32(20-35(46)47)28-17-26-10-9-11-29(26)30(18-28)36-24(4)14-23(3)15-25(36)5/h14-15,17-19,21-22,32-33H,8-13,16,20H2,1-7H3,(H,42,48)(H,46,47). The van der Waals surface area contributed by atoms with Crippen LogP contribution in [0.15, 0.2) is 41.3 Å². The molecule has 2 aromatic carbocycles. The van der Waals surface area contributed by atoms with Crippen LogP contribution in [0.1, 0.15) is 96.1 Å². The Labute approximate surface area is 281 Å². The van der Waals surface area contributed by atoms with E-state index in [1.807, 2.05) is 32.9 Å². The zero-order valence-corrected chi connectivity index (χ0v) is 29.1. The number of carbonyl (C=O) groups excluding carboxylic acids is 1. The molecule has 1 heterocycles. The molecule has 1 aliphatic carbocycles. The van der Waals surface area contributed by atoms with Crippen molar-refractivity contribution >= 4 is 11.9 Å². The molecule has 0 saturated heterocycles. The van der Waals surface area contributed by atoms with E-state index in [1.54, 1.807) is 19.0 Å². The highest BCUT2D eigenvalue weighted by Gasteiger charge is 2.36. The van der Waals surface area contributed by atoms with Crippen LogP contribution in [-0.4, -0.2) is 47.1 Å². The summed E-state index contributed by atoms with van der Waals surface area (Å²) in [7, 11) is 3.49. The number of pyridine rings is 1. The minimum atomic E-state index is -4.74. The first-order valence-corrected chi connectivity index (χ1v) is 16.7. The number of likely N-dealkylation sites (N-methyl/N-ethyl adjacent to an activating group) is 1. The van der Waals surface area contributed by atoms with Gasteiger partial charge in [-0.25, -0.2) is 0 Å². The SMILES string of the molecule is CCC(C)CC(C(=O)NC(CC(=O)O)c1cc2c(c(-c3c(C)cc(C)cc3C)c1)CCC2)n1cc(CCN(C)C)c(C(F)(F)F)cc1=O. The zero-order chi connectivity index (χ0) is 35.5. The highest BCUT2D eigenvalue weighted by atomic mass is 19.4. The molecular weight excluding hydrogens is 619 g/mol. The number of carboxylic acid groups (broad SMARTS) is 1. The highest BCUT2D eigenvalue weighted by Crippen LogP contribution is 2.39. The summed E-state index contributed by atoms with van der Waals surface area (Å²) in [4.78, 5) is 41.5. The smallest absolute Gasteiger partial charge is 0.416 e. The molecular formula is C38H48F3N3O4. The van der Waals surface area contributed by atoms with E-state index in [9.17, 15) is 32.7 Å². The van der Waals surface area contributed by atoms with Gasteiger partial charge in [0.15, 0.2) is 0 Å². The minimum Gasteiger partial charge on any atom is -0.481 e. The number of benzene rings is 2. The number of halogens is 3. The number of nitrogens with zero attached hydrogens (tertiary/aromatic N) is 2. The average Bonchev–Trinajstić information content (AvgIpc) is 3.46. The molecule has 10 heteroatoms. The van der Waals surface area contributed by atoms with Gasteiger partial charge in [0.2, 0.25) is 5.91 Å². The minimum absolute atomic E-state index is 0.0250. The molecule has 0 radical (unpaired) electrons. The number of fused-ring (bicyclic) bond motifs is 1. The molecule has 260 valence electrons. The zero-order valence-electron chi connectivity index (χ0n) is 29.1. The number of aromatic nitrogens is 1. The summed E-state index contributed by atoms with van der Waals surface area (Å²) in [6.45, 7) is 10.3. The molecule has 3 atom stereocenters. The molecule has 2 N–H and O–H groups in total. The van der Waals surface area contributed by atoms with Crippen LogP contribution in [0.2, 0.25) is 0 Å². The van der Waals surface area contributed by atoms with Crippen molar-refractivity contribution in [2.24, 2.45) is 5.92 Å². The largest absolute Gasteiger partial charge is 0.481 e. The Balaban J connectivity index is 1.82. The Kier molecular flexibility index (Phi) is 11.6. The second kappa shape index (κ2) is 15.1. The van der Waals surface area contributed by atoms with Crippen LogP contribution in [0.4, 0.5) is 13.2 Å². The lowest BCUT2D eigenvalue weighted by atomic mass is 9.86. The average molecular weight is 668 g/mol. The van der Waals surface area contributed by atoms with Gasteiger partial charge in [0.25, 0.3) is 5.56 Å². The number of carbonyl (C=O) groups is 2. The Hall–Kier alpha value is -3.92. The van der Waals surface area contributed by atoms with Gasteiger partial charge in [0.1, 0.15) is 6.04 Å². The summed E-state index contributed by atoms with van der Waals surface area (Å²) in [5.74, 6) is -1.76. The topological polar surface area (TPSA) is 91.6 Å². The summed E-state index contributed by atoms with van der Waals surface area (Å²) in [6, 6.07) is 6.72. The monoisotopic (exact) mass is 667 g/mol. The van der Waals surface area contributed by atoms with Gasteiger partial charge in [-0.05, 0) is 123 Å². The Morgan fingerprint density at radius 3 is 2.29 bits per heavy atom. The molecule has 48 heavy (non-hydrogen) atoms. The van der Waals surface area contributed by atoms with Gasteiger partial charge in [-0.3, -0.25) is 14.4 Å². The van der Waals surface area contributed by atoms with Crippen molar-refractivity contribution < 1.29 is 27.9 Å². The molecule has 4 rings (SSSR count). The molecule has 0 bridgehead atoms. The van der Waals surface area contributed by atoms with Gasteiger partial charge in [-0.15, -0.1) is 0 Å². The molecule has 0 aliphatic heterocycles. The lowest BCUT2D eigenvalue weighted by Gasteiger charge is -2.27. The van der Waals surface area contributed by atoms with Crippen LogP contribution in [0.25, 0.3) is 11.1 Å². The molecule has 0 fully saturated rings. The molecule has 3 unspecified atom stereocenters.